The summed E-state index contributed by atoms with van der Waals surface area (Å²) in [4.78, 5) is 18.5. The molecular weight excluding hydrogens is 399 g/mol. The second-order valence-corrected chi connectivity index (χ2v) is 10.6. The first-order valence-electron chi connectivity index (χ1n) is 7.60. The summed E-state index contributed by atoms with van der Waals surface area (Å²) in [5.74, 6) is 0. The van der Waals surface area contributed by atoms with Crippen LogP contribution >= 0.6 is 19.8 Å². The van der Waals surface area contributed by atoms with Gasteiger partial charge in [-0.15, -0.1) is 0 Å². The minimum atomic E-state index is -0.884. The fourth-order valence-electron chi connectivity index (χ4n) is 2.14. The Morgan fingerprint density at radius 3 is 1.83 bits per heavy atom. The van der Waals surface area contributed by atoms with Gasteiger partial charge in [-0.3, -0.25) is 0 Å². The molecule has 0 N–H and O–H groups in total. The normalized spacial score (nSPS) is 9.74. The molecule has 0 aromatic heterocycles. The monoisotopic (exact) mass is 426 g/mol. The first-order valence-corrected chi connectivity index (χ1v) is 12.4. The Kier molecular flexibility index (Phi) is 13.2. The van der Waals surface area contributed by atoms with Gasteiger partial charge in [0.1, 0.15) is 13.6 Å². The summed E-state index contributed by atoms with van der Waals surface area (Å²) in [6.07, 6.45) is 4.14. The Bertz CT molecular complexity index is 509. The molecule has 2 aromatic carbocycles. The molecule has 0 aliphatic rings. The molecule has 0 saturated heterocycles. The van der Waals surface area contributed by atoms with Gasteiger partial charge in [-0.2, -0.15) is 0 Å². The average molecular weight is 426 g/mol. The molecule has 0 saturated carbocycles. The molecular formula is C20H27IO2. The van der Waals surface area contributed by atoms with Crippen molar-refractivity contribution in [2.24, 2.45) is 0 Å². The van der Waals surface area contributed by atoms with Gasteiger partial charge in [0.15, 0.2) is 0 Å². The average Bonchev–Trinajstić information content (AvgIpc) is 2.66. The number of unbranched alkanes of at least 4 members (excludes halogenated alkanes) is 2. The number of hydrogen-bond acceptors (Lipinski definition) is 2. The van der Waals surface area contributed by atoms with Crippen molar-refractivity contribution >= 4 is 33.4 Å². The van der Waals surface area contributed by atoms with Gasteiger partial charge in [-0.05, 0) is 0 Å². The van der Waals surface area contributed by atoms with Crippen LogP contribution in [0, 0.1) is 3.57 Å². The second kappa shape index (κ2) is 14.1. The Balaban J connectivity index is 0.00000112. The zero-order valence-electron chi connectivity index (χ0n) is 14.1. The van der Waals surface area contributed by atoms with E-state index in [1.54, 1.807) is 3.57 Å². The quantitative estimate of drug-likeness (QED) is 0.348. The summed E-state index contributed by atoms with van der Waals surface area (Å²) >= 11 is -0.884. The Labute approximate surface area is 147 Å². The maximum absolute atomic E-state index is 8.00. The number of carbonyl (C=O) groups excluding carboxylic acids is 2. The van der Waals surface area contributed by atoms with E-state index >= 15 is 0 Å². The number of hydrogen-bond donors (Lipinski definition) is 0. The predicted octanol–water partition coefficient (Wildman–Crippen LogP) is 5.48. The van der Waals surface area contributed by atoms with Crippen LogP contribution in [-0.4, -0.2) is 22.9 Å². The summed E-state index contributed by atoms with van der Waals surface area (Å²) in [6, 6.07) is 19.9. The van der Waals surface area contributed by atoms with Crippen LogP contribution in [0.1, 0.15) is 26.2 Å². The molecule has 126 valence electrons. The molecule has 3 heteroatoms. The van der Waals surface area contributed by atoms with Crippen molar-refractivity contribution in [3.8, 4) is 11.1 Å². The van der Waals surface area contributed by atoms with Crippen LogP contribution in [0.2, 0.25) is 0 Å². The van der Waals surface area contributed by atoms with Crippen LogP contribution in [0.25, 0.3) is 11.1 Å². The number of carbonyl (C=O) groups is 2. The second-order valence-electron chi connectivity index (χ2n) is 4.86. The molecule has 0 atom stereocenters. The maximum atomic E-state index is 8.00. The fraction of sp³-hybridized carbons (Fsp3) is 0.300. The van der Waals surface area contributed by atoms with E-state index in [9.17, 15) is 0 Å². The van der Waals surface area contributed by atoms with Gasteiger partial charge in [-0.1, -0.05) is 0 Å². The van der Waals surface area contributed by atoms with Crippen molar-refractivity contribution in [1.82, 2.24) is 0 Å². The van der Waals surface area contributed by atoms with Crippen LogP contribution in [0.5, 0.6) is 0 Å². The number of rotatable bonds is 6. The molecule has 0 radical (unpaired) electrons. The van der Waals surface area contributed by atoms with E-state index in [1.165, 1.54) is 34.8 Å². The van der Waals surface area contributed by atoms with Gasteiger partial charge in [0, 0.05) is 0 Å². The zero-order valence-corrected chi connectivity index (χ0v) is 16.3. The molecule has 0 heterocycles. The summed E-state index contributed by atoms with van der Waals surface area (Å²) < 4.78 is 3.09. The molecule has 23 heavy (non-hydrogen) atoms. The van der Waals surface area contributed by atoms with Crippen molar-refractivity contribution in [3.05, 3.63) is 58.2 Å². The molecule has 2 aromatic rings. The standard InChI is InChI=1S/C18H23I.2CH2O/c1-3-4-8-15-19(2)18-13-11-17(12-14-18)16-9-6-5-7-10-16;2*1-2/h5-7,9-14H,3-4,8,15H2,1-2H3;2*1H2. The van der Waals surface area contributed by atoms with E-state index in [0.29, 0.717) is 0 Å². The molecule has 0 amide bonds. The summed E-state index contributed by atoms with van der Waals surface area (Å²) in [5.41, 5.74) is 2.65. The van der Waals surface area contributed by atoms with E-state index in [-0.39, 0.29) is 0 Å². The van der Waals surface area contributed by atoms with Crippen molar-refractivity contribution in [3.63, 3.8) is 0 Å². The first-order chi connectivity index (χ1) is 11.3. The van der Waals surface area contributed by atoms with Crippen LogP contribution < -0.4 is 0 Å². The van der Waals surface area contributed by atoms with Gasteiger partial charge in [0.05, 0.1) is 0 Å². The van der Waals surface area contributed by atoms with Crippen LogP contribution in [0.15, 0.2) is 54.6 Å². The third kappa shape index (κ3) is 8.07. The topological polar surface area (TPSA) is 34.1 Å². The zero-order chi connectivity index (χ0) is 17.5. The van der Waals surface area contributed by atoms with Crippen LogP contribution in [0.3, 0.4) is 0 Å². The van der Waals surface area contributed by atoms with Crippen molar-refractivity contribution in [1.29, 1.82) is 0 Å². The molecule has 0 unspecified atom stereocenters. The van der Waals surface area contributed by atoms with Gasteiger partial charge in [-0.25, -0.2) is 0 Å². The van der Waals surface area contributed by atoms with E-state index in [1.807, 2.05) is 13.6 Å². The molecule has 0 spiro atoms. The molecule has 0 aliphatic heterocycles. The van der Waals surface area contributed by atoms with Crippen molar-refractivity contribution < 1.29 is 9.59 Å². The summed E-state index contributed by atoms with van der Waals surface area (Å²) in [6.45, 7) is 6.28. The Hall–Kier alpha value is -1.49. The third-order valence-corrected chi connectivity index (χ3v) is 8.57. The van der Waals surface area contributed by atoms with Crippen molar-refractivity contribution in [2.75, 3.05) is 9.36 Å². The number of halogens is 1. The SMILES string of the molecule is C=O.C=O.CCCCCI(C)c1ccc(-c2ccccc2)cc1. The van der Waals surface area contributed by atoms with Crippen LogP contribution in [-0.2, 0) is 9.59 Å². The minimum absolute atomic E-state index is 0.884. The predicted molar refractivity (Wildman–Crippen MR) is 109 cm³/mol. The number of alkyl halides is 2. The van der Waals surface area contributed by atoms with Gasteiger partial charge in [0.25, 0.3) is 0 Å². The third-order valence-electron chi connectivity index (χ3n) is 3.34. The Morgan fingerprint density at radius 2 is 1.30 bits per heavy atom. The number of benzene rings is 2. The van der Waals surface area contributed by atoms with Gasteiger partial charge in [0.2, 0.25) is 0 Å². The molecule has 0 aliphatic carbocycles. The summed E-state index contributed by atoms with van der Waals surface area (Å²) in [7, 11) is 0. The van der Waals surface area contributed by atoms with E-state index in [4.69, 9.17) is 9.59 Å². The molecule has 2 rings (SSSR count). The Morgan fingerprint density at radius 1 is 0.783 bits per heavy atom. The molecule has 0 fully saturated rings. The van der Waals surface area contributed by atoms with Gasteiger partial charge < -0.3 is 9.59 Å². The fourth-order valence-corrected chi connectivity index (χ4v) is 6.04. The molecule has 0 bridgehead atoms. The van der Waals surface area contributed by atoms with E-state index in [0.717, 1.165) is 0 Å². The van der Waals surface area contributed by atoms with Crippen molar-refractivity contribution in [2.45, 2.75) is 26.2 Å². The van der Waals surface area contributed by atoms with Crippen LogP contribution in [0.4, 0.5) is 0 Å². The summed E-state index contributed by atoms with van der Waals surface area (Å²) in [5, 5.41) is 0. The van der Waals surface area contributed by atoms with E-state index in [2.05, 4.69) is 66.5 Å². The first kappa shape index (κ1) is 21.5. The molecule has 2 nitrogen and oxygen atoms in total. The van der Waals surface area contributed by atoms with E-state index < -0.39 is 19.8 Å². The van der Waals surface area contributed by atoms with Gasteiger partial charge >= 0.3 is 125 Å².